The van der Waals surface area contributed by atoms with Crippen molar-refractivity contribution in [1.29, 1.82) is 0 Å². The lowest BCUT2D eigenvalue weighted by Gasteiger charge is -2.04. The van der Waals surface area contributed by atoms with Crippen LogP contribution in [0.25, 0.3) is 6.08 Å². The van der Waals surface area contributed by atoms with Crippen LogP contribution < -0.4 is 5.73 Å². The highest BCUT2D eigenvalue weighted by atomic mass is 32.2. The highest BCUT2D eigenvalue weighted by molar-refractivity contribution is 7.99. The number of nitrogens with two attached hydrogens (primary N) is 1. The number of hydrogen-bond donors (Lipinski definition) is 2. The zero-order valence-electron chi connectivity index (χ0n) is 9.58. The number of carboxylic acid groups (broad SMARTS) is 1. The van der Waals surface area contributed by atoms with E-state index in [0.717, 1.165) is 11.5 Å². The lowest BCUT2D eigenvalue weighted by molar-refractivity contribution is -0.138. The lowest BCUT2D eigenvalue weighted by Crippen LogP contribution is -2.30. The van der Waals surface area contributed by atoms with Crippen LogP contribution in [0.2, 0.25) is 0 Å². The molecule has 92 valence electrons. The Kier molecular flexibility index (Phi) is 6.43. The Labute approximate surface area is 106 Å². The van der Waals surface area contributed by atoms with Crippen LogP contribution in [0, 0.1) is 0 Å². The number of thioether (sulfide) groups is 1. The number of hydrogen-bond acceptors (Lipinski definition) is 3. The molecule has 0 amide bonds. The summed E-state index contributed by atoms with van der Waals surface area (Å²) in [5, 5.41) is 8.59. The molecule has 0 heterocycles. The van der Waals surface area contributed by atoms with Crippen LogP contribution in [0.15, 0.2) is 36.4 Å². The van der Waals surface area contributed by atoms with Crippen molar-refractivity contribution in [2.75, 3.05) is 11.5 Å². The molecule has 0 aliphatic heterocycles. The van der Waals surface area contributed by atoms with Gasteiger partial charge in [0.1, 0.15) is 6.04 Å². The average Bonchev–Trinajstić information content (AvgIpc) is 2.34. The van der Waals surface area contributed by atoms with E-state index < -0.39 is 12.0 Å². The first kappa shape index (κ1) is 13.8. The maximum Gasteiger partial charge on any atom is 0.320 e. The standard InChI is InChI=1S/C13H17NO2S/c14-12(13(15)16)8-10-17-9-4-7-11-5-2-1-3-6-11/h1-7,12H,8-10,14H2,(H,15,16)/b7-4+. The molecular weight excluding hydrogens is 234 g/mol. The molecule has 17 heavy (non-hydrogen) atoms. The van der Waals surface area contributed by atoms with E-state index in [2.05, 4.69) is 12.2 Å². The molecule has 0 spiro atoms. The molecule has 1 rings (SSSR count). The molecule has 0 aliphatic carbocycles. The number of rotatable bonds is 7. The van der Waals surface area contributed by atoms with Crippen molar-refractivity contribution < 1.29 is 9.90 Å². The largest absolute Gasteiger partial charge is 0.480 e. The maximum atomic E-state index is 10.5. The third-order valence-electron chi connectivity index (χ3n) is 2.21. The van der Waals surface area contributed by atoms with Gasteiger partial charge < -0.3 is 10.8 Å². The molecule has 1 unspecified atom stereocenters. The van der Waals surface area contributed by atoms with E-state index in [-0.39, 0.29) is 0 Å². The summed E-state index contributed by atoms with van der Waals surface area (Å²) >= 11 is 1.69. The van der Waals surface area contributed by atoms with E-state index in [9.17, 15) is 4.79 Å². The quantitative estimate of drug-likeness (QED) is 0.729. The Hall–Kier alpha value is -1.26. The number of carboxylic acids is 1. The molecule has 0 radical (unpaired) electrons. The minimum atomic E-state index is -0.926. The van der Waals surface area contributed by atoms with Crippen LogP contribution in [0.1, 0.15) is 12.0 Å². The molecule has 4 heteroatoms. The van der Waals surface area contributed by atoms with Crippen molar-refractivity contribution in [2.45, 2.75) is 12.5 Å². The number of aliphatic carboxylic acids is 1. The molecule has 1 aromatic rings. The highest BCUT2D eigenvalue weighted by Crippen LogP contribution is 2.07. The van der Waals surface area contributed by atoms with Gasteiger partial charge in [0.05, 0.1) is 0 Å². The second kappa shape index (κ2) is 7.92. The summed E-state index contributed by atoms with van der Waals surface area (Å²) in [6, 6.07) is 9.33. The predicted molar refractivity (Wildman–Crippen MR) is 73.0 cm³/mol. The summed E-state index contributed by atoms with van der Waals surface area (Å²) in [6.45, 7) is 0. The van der Waals surface area contributed by atoms with Gasteiger partial charge in [-0.25, -0.2) is 0 Å². The second-order valence-electron chi connectivity index (χ2n) is 3.62. The summed E-state index contributed by atoms with van der Waals surface area (Å²) < 4.78 is 0. The monoisotopic (exact) mass is 251 g/mol. The third-order valence-corrected chi connectivity index (χ3v) is 3.17. The maximum absolute atomic E-state index is 10.5. The minimum absolute atomic E-state index is 0.513. The predicted octanol–water partition coefficient (Wildman–Crippen LogP) is 2.23. The Morgan fingerprint density at radius 1 is 1.41 bits per heavy atom. The summed E-state index contributed by atoms with van der Waals surface area (Å²) in [6.07, 6.45) is 4.65. The Balaban J connectivity index is 2.12. The first-order valence-corrected chi connectivity index (χ1v) is 6.63. The highest BCUT2D eigenvalue weighted by Gasteiger charge is 2.09. The van der Waals surface area contributed by atoms with Gasteiger partial charge in [-0.1, -0.05) is 42.5 Å². The third kappa shape index (κ3) is 6.14. The van der Waals surface area contributed by atoms with Gasteiger partial charge in [-0.15, -0.1) is 0 Å². The van der Waals surface area contributed by atoms with Gasteiger partial charge in [-0.3, -0.25) is 4.79 Å². The molecule has 3 nitrogen and oxygen atoms in total. The first-order valence-electron chi connectivity index (χ1n) is 5.48. The van der Waals surface area contributed by atoms with Gasteiger partial charge in [0, 0.05) is 5.75 Å². The number of benzene rings is 1. The molecule has 0 aliphatic rings. The zero-order valence-corrected chi connectivity index (χ0v) is 10.4. The van der Waals surface area contributed by atoms with Crippen molar-refractivity contribution in [3.63, 3.8) is 0 Å². The normalized spacial score (nSPS) is 12.8. The van der Waals surface area contributed by atoms with Crippen LogP contribution >= 0.6 is 11.8 Å². The smallest absolute Gasteiger partial charge is 0.320 e. The lowest BCUT2D eigenvalue weighted by atomic mass is 10.2. The van der Waals surface area contributed by atoms with Gasteiger partial charge in [-0.2, -0.15) is 11.8 Å². The van der Waals surface area contributed by atoms with Gasteiger partial charge in [0.15, 0.2) is 0 Å². The van der Waals surface area contributed by atoms with Crippen molar-refractivity contribution in [3.05, 3.63) is 42.0 Å². The fourth-order valence-corrected chi connectivity index (χ4v) is 2.05. The summed E-state index contributed by atoms with van der Waals surface area (Å²) in [5.41, 5.74) is 6.57. The molecule has 0 saturated heterocycles. The Bertz CT molecular complexity index is 365. The first-order chi connectivity index (χ1) is 8.20. The van der Waals surface area contributed by atoms with Crippen molar-refractivity contribution in [2.24, 2.45) is 5.73 Å². The Morgan fingerprint density at radius 2 is 2.12 bits per heavy atom. The Morgan fingerprint density at radius 3 is 2.76 bits per heavy atom. The second-order valence-corrected chi connectivity index (χ2v) is 4.77. The van der Waals surface area contributed by atoms with Crippen molar-refractivity contribution in [3.8, 4) is 0 Å². The van der Waals surface area contributed by atoms with Crippen LogP contribution in [0.5, 0.6) is 0 Å². The molecule has 0 bridgehead atoms. The van der Waals surface area contributed by atoms with Crippen LogP contribution in [-0.4, -0.2) is 28.6 Å². The summed E-state index contributed by atoms with van der Waals surface area (Å²) in [4.78, 5) is 10.5. The number of carbonyl (C=O) groups is 1. The minimum Gasteiger partial charge on any atom is -0.480 e. The molecule has 0 saturated carbocycles. The molecule has 0 fully saturated rings. The van der Waals surface area contributed by atoms with E-state index in [1.54, 1.807) is 11.8 Å². The molecule has 0 aromatic heterocycles. The van der Waals surface area contributed by atoms with Crippen LogP contribution in [0.3, 0.4) is 0 Å². The van der Waals surface area contributed by atoms with Gasteiger partial charge >= 0.3 is 5.97 Å². The zero-order chi connectivity index (χ0) is 12.5. The molecular formula is C13H17NO2S. The topological polar surface area (TPSA) is 63.3 Å². The van der Waals surface area contributed by atoms with Gasteiger partial charge in [-0.05, 0) is 17.7 Å². The van der Waals surface area contributed by atoms with E-state index in [4.69, 9.17) is 10.8 Å². The average molecular weight is 251 g/mol. The van der Waals surface area contributed by atoms with Gasteiger partial charge in [0.25, 0.3) is 0 Å². The van der Waals surface area contributed by atoms with E-state index in [0.29, 0.717) is 6.42 Å². The van der Waals surface area contributed by atoms with E-state index in [1.807, 2.05) is 30.3 Å². The molecule has 1 atom stereocenters. The van der Waals surface area contributed by atoms with Crippen LogP contribution in [-0.2, 0) is 4.79 Å². The van der Waals surface area contributed by atoms with Crippen molar-refractivity contribution in [1.82, 2.24) is 0 Å². The molecule has 1 aromatic carbocycles. The van der Waals surface area contributed by atoms with Crippen LogP contribution in [0.4, 0.5) is 0 Å². The van der Waals surface area contributed by atoms with E-state index >= 15 is 0 Å². The summed E-state index contributed by atoms with van der Waals surface area (Å²) in [5.74, 6) is 0.721. The fraction of sp³-hybridized carbons (Fsp3) is 0.308. The fourth-order valence-electron chi connectivity index (χ4n) is 1.23. The summed E-state index contributed by atoms with van der Waals surface area (Å²) in [7, 11) is 0. The van der Waals surface area contributed by atoms with E-state index in [1.165, 1.54) is 5.56 Å². The van der Waals surface area contributed by atoms with Crippen molar-refractivity contribution >= 4 is 23.8 Å². The molecule has 3 N–H and O–H groups in total. The SMILES string of the molecule is NC(CCSC/C=C/c1ccccc1)C(=O)O. The van der Waals surface area contributed by atoms with Gasteiger partial charge in [0.2, 0.25) is 0 Å².